The Kier molecular flexibility index (Phi) is 2.10. The van der Waals surface area contributed by atoms with Crippen LogP contribution in [0.4, 0.5) is 5.69 Å². The molecule has 0 amide bonds. The molecule has 1 aromatic rings. The van der Waals surface area contributed by atoms with Gasteiger partial charge in [-0.1, -0.05) is 23.8 Å². The van der Waals surface area contributed by atoms with Gasteiger partial charge in [0.05, 0.1) is 0 Å². The number of nitrogens with two attached hydrogens (primary N) is 1. The first-order chi connectivity index (χ1) is 6.69. The van der Waals surface area contributed by atoms with Gasteiger partial charge in [-0.2, -0.15) is 0 Å². The summed E-state index contributed by atoms with van der Waals surface area (Å²) in [4.78, 5) is 0. The van der Waals surface area contributed by atoms with Crippen molar-refractivity contribution in [2.24, 2.45) is 0 Å². The zero-order valence-corrected chi connectivity index (χ0v) is 8.88. The van der Waals surface area contributed by atoms with Crippen molar-refractivity contribution in [1.29, 1.82) is 0 Å². The molecule has 0 saturated heterocycles. The van der Waals surface area contributed by atoms with Gasteiger partial charge in [0, 0.05) is 11.1 Å². The summed E-state index contributed by atoms with van der Waals surface area (Å²) in [6, 6.07) is 8.32. The van der Waals surface area contributed by atoms with Crippen LogP contribution >= 0.6 is 0 Å². The Bertz CT molecular complexity index is 355. The Morgan fingerprint density at radius 3 is 2.29 bits per heavy atom. The number of nitrogen functional groups attached to an aromatic ring is 1. The predicted molar refractivity (Wildman–Crippen MR) is 61.2 cm³/mol. The molecule has 0 heterocycles. The van der Waals surface area contributed by atoms with Crippen LogP contribution in [0.3, 0.4) is 0 Å². The largest absolute Gasteiger partial charge is 0.399 e. The zero-order valence-electron chi connectivity index (χ0n) is 8.88. The molecule has 1 nitrogen and oxygen atoms in total. The van der Waals surface area contributed by atoms with Crippen LogP contribution in [0.1, 0.15) is 32.3 Å². The van der Waals surface area contributed by atoms with E-state index in [9.17, 15) is 0 Å². The molecule has 0 unspecified atom stereocenters. The predicted octanol–water partition coefficient (Wildman–Crippen LogP) is 3.27. The van der Waals surface area contributed by atoms with Crippen LogP contribution in [-0.4, -0.2) is 0 Å². The van der Waals surface area contributed by atoms with E-state index in [1.54, 1.807) is 0 Å². The number of rotatable bonds is 2. The van der Waals surface area contributed by atoms with Crippen LogP contribution in [-0.2, 0) is 5.41 Å². The first kappa shape index (κ1) is 9.32. The van der Waals surface area contributed by atoms with Crippen molar-refractivity contribution in [3.63, 3.8) is 0 Å². The van der Waals surface area contributed by atoms with Crippen LogP contribution in [0.2, 0.25) is 0 Å². The van der Waals surface area contributed by atoms with E-state index in [1.807, 2.05) is 12.1 Å². The smallest absolute Gasteiger partial charge is 0.0314 e. The Morgan fingerprint density at radius 1 is 1.29 bits per heavy atom. The molecule has 2 rings (SSSR count). The van der Waals surface area contributed by atoms with Crippen molar-refractivity contribution in [3.05, 3.63) is 41.5 Å². The topological polar surface area (TPSA) is 26.0 Å². The maximum absolute atomic E-state index is 5.68. The fourth-order valence-corrected chi connectivity index (χ4v) is 2.11. The minimum absolute atomic E-state index is 0.350. The third-order valence-corrected chi connectivity index (χ3v) is 3.40. The molecule has 1 saturated carbocycles. The number of allylic oxidation sites excluding steroid dienone is 2. The molecule has 1 heteroatoms. The summed E-state index contributed by atoms with van der Waals surface area (Å²) in [6.07, 6.45) is 4.80. The summed E-state index contributed by atoms with van der Waals surface area (Å²) in [5, 5.41) is 0. The molecule has 0 bridgehead atoms. The van der Waals surface area contributed by atoms with Crippen LogP contribution in [0.15, 0.2) is 35.9 Å². The quantitative estimate of drug-likeness (QED) is 0.558. The van der Waals surface area contributed by atoms with Crippen molar-refractivity contribution < 1.29 is 0 Å². The van der Waals surface area contributed by atoms with E-state index >= 15 is 0 Å². The summed E-state index contributed by atoms with van der Waals surface area (Å²) < 4.78 is 0. The molecular formula is C13H17N. The van der Waals surface area contributed by atoms with Gasteiger partial charge in [-0.3, -0.25) is 0 Å². The average Bonchev–Trinajstić information content (AvgIpc) is 2.99. The molecule has 74 valence electrons. The summed E-state index contributed by atoms with van der Waals surface area (Å²) in [5.74, 6) is 0. The standard InChI is InChI=1S/C13H17N/c1-3-10(2)13(8-9-13)11-4-6-12(14)7-5-11/h3-7H,8-9,14H2,1-2H3/b10-3+. The molecule has 1 aliphatic carbocycles. The van der Waals surface area contributed by atoms with Gasteiger partial charge >= 0.3 is 0 Å². The molecule has 0 aliphatic heterocycles. The average molecular weight is 187 g/mol. The van der Waals surface area contributed by atoms with Crippen LogP contribution in [0.25, 0.3) is 0 Å². The first-order valence-electron chi connectivity index (χ1n) is 5.18. The fourth-order valence-electron chi connectivity index (χ4n) is 2.11. The highest BCUT2D eigenvalue weighted by Gasteiger charge is 2.45. The molecule has 0 aromatic heterocycles. The van der Waals surface area contributed by atoms with Crippen molar-refractivity contribution in [1.82, 2.24) is 0 Å². The zero-order chi connectivity index (χ0) is 10.2. The normalized spacial score (nSPS) is 19.4. The minimum Gasteiger partial charge on any atom is -0.399 e. The first-order valence-corrected chi connectivity index (χ1v) is 5.18. The maximum atomic E-state index is 5.68. The highest BCUT2D eigenvalue weighted by molar-refractivity contribution is 5.47. The van der Waals surface area contributed by atoms with Gasteiger partial charge in [-0.25, -0.2) is 0 Å². The number of hydrogen-bond donors (Lipinski definition) is 1. The molecule has 0 atom stereocenters. The second kappa shape index (κ2) is 3.16. The van der Waals surface area contributed by atoms with Crippen molar-refractivity contribution >= 4 is 5.69 Å². The molecule has 14 heavy (non-hydrogen) atoms. The molecule has 1 aliphatic rings. The molecular weight excluding hydrogens is 170 g/mol. The molecule has 2 N–H and O–H groups in total. The van der Waals surface area contributed by atoms with Gasteiger partial charge in [0.2, 0.25) is 0 Å². The fraction of sp³-hybridized carbons (Fsp3) is 0.385. The van der Waals surface area contributed by atoms with Crippen molar-refractivity contribution in [2.75, 3.05) is 5.73 Å². The molecule has 0 spiro atoms. The van der Waals surface area contributed by atoms with Crippen LogP contribution < -0.4 is 5.73 Å². The molecule has 1 aromatic carbocycles. The van der Waals surface area contributed by atoms with E-state index in [-0.39, 0.29) is 0 Å². The van der Waals surface area contributed by atoms with Gasteiger partial charge in [0.1, 0.15) is 0 Å². The van der Waals surface area contributed by atoms with Gasteiger partial charge in [-0.05, 0) is 44.4 Å². The molecule has 0 radical (unpaired) electrons. The van der Waals surface area contributed by atoms with E-state index < -0.39 is 0 Å². The van der Waals surface area contributed by atoms with Gasteiger partial charge in [0.15, 0.2) is 0 Å². The van der Waals surface area contributed by atoms with Gasteiger partial charge in [0.25, 0.3) is 0 Å². The third-order valence-electron chi connectivity index (χ3n) is 3.40. The Morgan fingerprint density at radius 2 is 1.86 bits per heavy atom. The van der Waals surface area contributed by atoms with E-state index in [1.165, 1.54) is 24.0 Å². The maximum Gasteiger partial charge on any atom is 0.0314 e. The lowest BCUT2D eigenvalue weighted by atomic mass is 9.88. The monoisotopic (exact) mass is 187 g/mol. The van der Waals surface area contributed by atoms with Crippen molar-refractivity contribution in [3.8, 4) is 0 Å². The van der Waals surface area contributed by atoms with E-state index in [2.05, 4.69) is 32.1 Å². The van der Waals surface area contributed by atoms with Crippen LogP contribution in [0, 0.1) is 0 Å². The minimum atomic E-state index is 0.350. The molecule has 1 fully saturated rings. The summed E-state index contributed by atoms with van der Waals surface area (Å²) in [6.45, 7) is 4.34. The lowest BCUT2D eigenvalue weighted by Crippen LogP contribution is -2.07. The Balaban J connectivity index is 2.36. The second-order valence-electron chi connectivity index (χ2n) is 4.18. The highest BCUT2D eigenvalue weighted by Crippen LogP contribution is 2.53. The lowest BCUT2D eigenvalue weighted by Gasteiger charge is -2.16. The van der Waals surface area contributed by atoms with E-state index in [0.717, 1.165) is 5.69 Å². The summed E-state index contributed by atoms with van der Waals surface area (Å²) in [5.41, 5.74) is 9.79. The second-order valence-corrected chi connectivity index (χ2v) is 4.18. The highest BCUT2D eigenvalue weighted by atomic mass is 14.5. The Hall–Kier alpha value is -1.24. The number of benzene rings is 1. The summed E-state index contributed by atoms with van der Waals surface area (Å²) in [7, 11) is 0. The van der Waals surface area contributed by atoms with Crippen LogP contribution in [0.5, 0.6) is 0 Å². The van der Waals surface area contributed by atoms with Crippen molar-refractivity contribution in [2.45, 2.75) is 32.1 Å². The number of anilines is 1. The Labute approximate surface area is 85.6 Å². The summed E-state index contributed by atoms with van der Waals surface area (Å²) >= 11 is 0. The van der Waals surface area contributed by atoms with Gasteiger partial charge < -0.3 is 5.73 Å². The third kappa shape index (κ3) is 1.33. The van der Waals surface area contributed by atoms with E-state index in [0.29, 0.717) is 5.41 Å². The van der Waals surface area contributed by atoms with E-state index in [4.69, 9.17) is 5.73 Å². The SMILES string of the molecule is C/C=C(\C)C1(c2ccc(N)cc2)CC1. The lowest BCUT2D eigenvalue weighted by molar-refractivity contribution is 0.818. The number of hydrogen-bond acceptors (Lipinski definition) is 1. The van der Waals surface area contributed by atoms with Gasteiger partial charge in [-0.15, -0.1) is 0 Å².